The lowest BCUT2D eigenvalue weighted by Gasteiger charge is -2.11. The van der Waals surface area contributed by atoms with Crippen LogP contribution in [0.1, 0.15) is 22.5 Å². The van der Waals surface area contributed by atoms with Crippen molar-refractivity contribution < 1.29 is 0 Å². The van der Waals surface area contributed by atoms with E-state index in [9.17, 15) is 0 Å². The Kier molecular flexibility index (Phi) is 17.1. The van der Waals surface area contributed by atoms with E-state index in [0.29, 0.717) is 23.3 Å². The van der Waals surface area contributed by atoms with E-state index in [4.69, 9.17) is 44.9 Å². The Morgan fingerprint density at radius 2 is 0.394 bits per heavy atom. The second kappa shape index (κ2) is 27.8. The predicted molar refractivity (Wildman–Crippen MR) is 427 cm³/mol. The van der Waals surface area contributed by atoms with Crippen molar-refractivity contribution in [2.75, 3.05) is 0 Å². The Morgan fingerprint density at radius 1 is 0.163 bits per heavy atom. The molecule has 0 aliphatic rings. The van der Waals surface area contributed by atoms with Gasteiger partial charge in [0, 0.05) is 77.4 Å². The summed E-state index contributed by atoms with van der Waals surface area (Å²) in [6.45, 7) is 8.34. The Morgan fingerprint density at radius 3 is 0.721 bits per heavy atom. The van der Waals surface area contributed by atoms with Crippen molar-refractivity contribution in [1.29, 1.82) is 0 Å². The zero-order chi connectivity index (χ0) is 70.0. The first-order chi connectivity index (χ1) is 51.1. The van der Waals surface area contributed by atoms with Crippen LogP contribution >= 0.6 is 0 Å². The van der Waals surface area contributed by atoms with Gasteiger partial charge < -0.3 is 0 Å². The van der Waals surface area contributed by atoms with Crippen molar-refractivity contribution in [3.05, 3.63) is 356 Å². The first-order valence-corrected chi connectivity index (χ1v) is 35.0. The molecule has 0 radical (unpaired) electrons. The highest BCUT2D eigenvalue weighted by atomic mass is 15.0. The van der Waals surface area contributed by atoms with Gasteiger partial charge in [-0.25, -0.2) is 34.9 Å². The molecular formula is C95H67N9. The number of hydrogen-bond donors (Lipinski definition) is 0. The lowest BCUT2D eigenvalue weighted by atomic mass is 9.99. The van der Waals surface area contributed by atoms with E-state index in [-0.39, 0.29) is 0 Å². The lowest BCUT2D eigenvalue weighted by Crippen LogP contribution is -2.00. The molecule has 0 saturated carbocycles. The first-order valence-electron chi connectivity index (χ1n) is 35.0. The predicted octanol–water partition coefficient (Wildman–Crippen LogP) is 23.8. The Labute approximate surface area is 603 Å². The van der Waals surface area contributed by atoms with Crippen LogP contribution in [0.3, 0.4) is 0 Å². The molecule has 0 N–H and O–H groups in total. The molecule has 0 fully saturated rings. The maximum Gasteiger partial charge on any atom is 0.164 e. The van der Waals surface area contributed by atoms with Crippen LogP contribution in [0.4, 0.5) is 0 Å². The van der Waals surface area contributed by atoms with Crippen LogP contribution in [0.5, 0.6) is 0 Å². The number of aryl methyl sites for hydroxylation is 4. The first kappa shape index (κ1) is 63.8. The molecule has 0 unspecified atom stereocenters. The molecule has 492 valence electrons. The van der Waals surface area contributed by atoms with E-state index in [0.717, 1.165) is 150 Å². The smallest absolute Gasteiger partial charge is 0.164 e. The molecule has 6 aromatic heterocycles. The molecule has 0 spiro atoms. The molecule has 6 heterocycles. The minimum absolute atomic E-state index is 0.632. The van der Waals surface area contributed by atoms with Gasteiger partial charge in [-0.05, 0) is 114 Å². The van der Waals surface area contributed by atoms with Crippen molar-refractivity contribution >= 4 is 43.6 Å². The number of fused-ring (bicyclic) bond motifs is 6. The molecule has 9 nitrogen and oxygen atoms in total. The summed E-state index contributed by atoms with van der Waals surface area (Å²) in [5.41, 5.74) is 29.0. The van der Waals surface area contributed by atoms with Crippen LogP contribution in [0.2, 0.25) is 0 Å². The van der Waals surface area contributed by atoms with E-state index >= 15 is 0 Å². The van der Waals surface area contributed by atoms with Crippen LogP contribution in [-0.4, -0.2) is 44.9 Å². The molecule has 0 aliphatic carbocycles. The zero-order valence-corrected chi connectivity index (χ0v) is 57.8. The van der Waals surface area contributed by atoms with Crippen molar-refractivity contribution in [2.24, 2.45) is 0 Å². The normalized spacial score (nSPS) is 11.3. The molecule has 0 bridgehead atoms. The highest BCUT2D eigenvalue weighted by Crippen LogP contribution is 2.37. The number of nitrogens with zero attached hydrogens (tertiary/aromatic N) is 9. The average Bonchev–Trinajstić information content (AvgIpc) is 0.770. The Hall–Kier alpha value is -13.6. The van der Waals surface area contributed by atoms with Crippen molar-refractivity contribution in [1.82, 2.24) is 44.9 Å². The van der Waals surface area contributed by atoms with Crippen molar-refractivity contribution in [2.45, 2.75) is 27.7 Å². The molecule has 0 aliphatic heterocycles. The fourth-order valence-electron chi connectivity index (χ4n) is 13.6. The maximum absolute atomic E-state index is 5.12. The second-order valence-electron chi connectivity index (χ2n) is 26.3. The Bertz CT molecular complexity index is 5790. The number of hydrogen-bond acceptors (Lipinski definition) is 9. The monoisotopic (exact) mass is 1330 g/mol. The Balaban J connectivity index is 0.000000154. The topological polar surface area (TPSA) is 116 Å². The van der Waals surface area contributed by atoms with Gasteiger partial charge in [-0.2, -0.15) is 0 Å². The minimum atomic E-state index is 0.632. The standard InChI is InChI=1S/C48H34N4.C47H33N5/c1-31-29-43(50-47-42(31)28-27-40-14-13-32(2)49-46(40)47)38-21-17-35(18-22-38)36-19-25-41(26-20-36)48-51-44(37-11-7-4-8-12-37)30-45(52-48)39-23-15-34(16-24-39)33-9-5-3-6-10-33;1-30-29-42(49-44-41(30)28-27-37-14-13-31(2)48-43(37)44)36-21-15-34(16-22-36)35-19-25-40(26-20-35)47-51-45(38-11-7-4-8-12-38)50-46(52-47)39-23-17-33(18-24-39)32-9-5-3-6-10-32/h3-30H,1-2H3;3-29H,1-2H3. The third-order valence-electron chi connectivity index (χ3n) is 19.3. The fourth-order valence-corrected chi connectivity index (χ4v) is 13.6. The molecule has 9 heteroatoms. The summed E-state index contributed by atoms with van der Waals surface area (Å²) >= 11 is 0. The number of aromatic nitrogens is 9. The molecule has 0 atom stereocenters. The maximum atomic E-state index is 5.12. The SMILES string of the molecule is Cc1ccc2ccc3c(C)cc(-c4ccc(-c5ccc(-c6nc(-c7ccccc7)cc(-c7ccc(-c8ccccc8)cc7)n6)cc5)cc4)nc3c2n1.Cc1ccc2ccc3c(C)cc(-c4ccc(-c5ccc(-c6nc(-c7ccccc7)nc(-c7ccc(-c8ccccc8)cc7)n6)cc5)cc4)nc3c2n1. The van der Waals surface area contributed by atoms with Gasteiger partial charge in [-0.1, -0.05) is 303 Å². The van der Waals surface area contributed by atoms with Gasteiger partial charge in [0.15, 0.2) is 23.3 Å². The van der Waals surface area contributed by atoms with Crippen LogP contribution in [0.25, 0.3) is 179 Å². The molecule has 12 aromatic carbocycles. The largest absolute Gasteiger partial charge is 0.251 e. The summed E-state index contributed by atoms with van der Waals surface area (Å²) in [4.78, 5) is 44.9. The molecular weight excluding hydrogens is 1270 g/mol. The highest BCUT2D eigenvalue weighted by molar-refractivity contribution is 6.06. The van der Waals surface area contributed by atoms with E-state index < -0.39 is 0 Å². The lowest BCUT2D eigenvalue weighted by molar-refractivity contribution is 1.07. The summed E-state index contributed by atoms with van der Waals surface area (Å²) in [5.74, 6) is 2.61. The summed E-state index contributed by atoms with van der Waals surface area (Å²) in [6, 6.07) is 116. The van der Waals surface area contributed by atoms with Crippen molar-refractivity contribution in [3.63, 3.8) is 0 Å². The van der Waals surface area contributed by atoms with Crippen LogP contribution in [-0.2, 0) is 0 Å². The molecule has 18 rings (SSSR count). The summed E-state index contributed by atoms with van der Waals surface area (Å²) in [5, 5.41) is 4.47. The van der Waals surface area contributed by atoms with Gasteiger partial charge >= 0.3 is 0 Å². The molecule has 0 amide bonds. The third-order valence-corrected chi connectivity index (χ3v) is 19.3. The molecule has 104 heavy (non-hydrogen) atoms. The average molecular weight is 1330 g/mol. The van der Waals surface area contributed by atoms with E-state index in [1.54, 1.807) is 0 Å². The van der Waals surface area contributed by atoms with Gasteiger partial charge in [0.25, 0.3) is 0 Å². The molecule has 18 aromatic rings. The zero-order valence-electron chi connectivity index (χ0n) is 57.8. The van der Waals surface area contributed by atoms with Crippen LogP contribution < -0.4 is 0 Å². The highest BCUT2D eigenvalue weighted by Gasteiger charge is 2.18. The quantitative estimate of drug-likeness (QED) is 0.110. The van der Waals surface area contributed by atoms with Gasteiger partial charge in [0.05, 0.1) is 44.8 Å². The number of benzene rings is 12. The third kappa shape index (κ3) is 13.2. The summed E-state index contributed by atoms with van der Waals surface area (Å²) < 4.78 is 0. The fraction of sp³-hybridized carbons (Fsp3) is 0.0421. The van der Waals surface area contributed by atoms with Gasteiger partial charge in [0.1, 0.15) is 0 Å². The minimum Gasteiger partial charge on any atom is -0.251 e. The van der Waals surface area contributed by atoms with E-state index in [1.807, 2.05) is 86.6 Å². The van der Waals surface area contributed by atoms with Crippen molar-refractivity contribution in [3.8, 4) is 135 Å². The summed E-state index contributed by atoms with van der Waals surface area (Å²) in [7, 11) is 0. The molecule has 0 saturated heterocycles. The van der Waals surface area contributed by atoms with Crippen LogP contribution in [0.15, 0.2) is 334 Å². The summed E-state index contributed by atoms with van der Waals surface area (Å²) in [6.07, 6.45) is 0. The van der Waals surface area contributed by atoms with Gasteiger partial charge in [0.2, 0.25) is 0 Å². The number of pyridine rings is 4. The van der Waals surface area contributed by atoms with Crippen LogP contribution in [0, 0.1) is 27.7 Å². The van der Waals surface area contributed by atoms with Gasteiger partial charge in [-0.15, -0.1) is 0 Å². The number of rotatable bonds is 12. The second-order valence-corrected chi connectivity index (χ2v) is 26.3. The van der Waals surface area contributed by atoms with E-state index in [2.05, 4.69) is 275 Å². The van der Waals surface area contributed by atoms with Gasteiger partial charge in [-0.3, -0.25) is 9.97 Å². The van der Waals surface area contributed by atoms with E-state index in [1.165, 1.54) is 27.8 Å².